The van der Waals surface area contributed by atoms with E-state index in [1.807, 2.05) is 26.0 Å². The fourth-order valence-electron chi connectivity index (χ4n) is 2.52. The highest BCUT2D eigenvalue weighted by atomic mass is 31.2. The number of amides is 1. The molecule has 0 radical (unpaired) electrons. The normalized spacial score (nSPS) is 12.7. The van der Waals surface area contributed by atoms with Crippen LogP contribution in [-0.4, -0.2) is 31.6 Å². The third-order valence-corrected chi connectivity index (χ3v) is 6.00. The Labute approximate surface area is 122 Å². The largest absolute Gasteiger partial charge is 0.322 e. The van der Waals surface area contributed by atoms with Crippen molar-refractivity contribution in [1.29, 1.82) is 5.26 Å². The van der Waals surface area contributed by atoms with Gasteiger partial charge in [-0.1, -0.05) is 6.92 Å². The molecule has 0 bridgehead atoms. The average Bonchev–Trinajstić information content (AvgIpc) is 2.32. The molecule has 1 atom stereocenters. The summed E-state index contributed by atoms with van der Waals surface area (Å²) in [4.78, 5) is 12.5. The van der Waals surface area contributed by atoms with E-state index < -0.39 is 7.26 Å². The van der Waals surface area contributed by atoms with Crippen molar-refractivity contribution in [1.82, 2.24) is 0 Å². The number of nitriles is 1. The molecule has 0 aliphatic carbocycles. The Morgan fingerprint density at radius 1 is 1.30 bits per heavy atom. The van der Waals surface area contributed by atoms with Crippen LogP contribution < -0.4 is 5.32 Å². The summed E-state index contributed by atoms with van der Waals surface area (Å²) in [6.45, 7) is 12.5. The molecule has 0 saturated heterocycles. The molecule has 0 aliphatic heterocycles. The van der Waals surface area contributed by atoms with Crippen molar-refractivity contribution in [3.63, 3.8) is 0 Å². The van der Waals surface area contributed by atoms with E-state index in [4.69, 9.17) is 5.26 Å². The van der Waals surface area contributed by atoms with E-state index in [-0.39, 0.29) is 11.6 Å². The molecule has 108 valence electrons. The van der Waals surface area contributed by atoms with Crippen LogP contribution in [0.3, 0.4) is 0 Å². The molecule has 0 aromatic heterocycles. The first kappa shape index (κ1) is 16.7. The van der Waals surface area contributed by atoms with Gasteiger partial charge in [-0.2, -0.15) is 5.26 Å². The van der Waals surface area contributed by atoms with Gasteiger partial charge in [-0.05, 0) is 43.5 Å². The fourth-order valence-corrected chi connectivity index (χ4v) is 4.38. The lowest BCUT2D eigenvalue weighted by Crippen LogP contribution is -2.29. The van der Waals surface area contributed by atoms with Gasteiger partial charge in [-0.25, -0.2) is 0 Å². The molecule has 0 fully saturated rings. The minimum absolute atomic E-state index is 0.0805. The Morgan fingerprint density at radius 3 is 2.15 bits per heavy atom. The van der Waals surface area contributed by atoms with Crippen LogP contribution in [0.1, 0.15) is 30.0 Å². The molecule has 1 unspecified atom stereocenters. The van der Waals surface area contributed by atoms with Gasteiger partial charge < -0.3 is 5.32 Å². The second-order valence-corrected chi connectivity index (χ2v) is 11.0. The van der Waals surface area contributed by atoms with Gasteiger partial charge in [0, 0.05) is 32.9 Å². The smallest absolute Gasteiger partial charge is 0.264 e. The molecular formula is C16H24N2OP+. The van der Waals surface area contributed by atoms with Crippen LogP contribution in [0.4, 0.5) is 5.69 Å². The summed E-state index contributed by atoms with van der Waals surface area (Å²) >= 11 is 0. The summed E-state index contributed by atoms with van der Waals surface area (Å²) in [6, 6.07) is 5.77. The molecule has 3 nitrogen and oxygen atoms in total. The van der Waals surface area contributed by atoms with Gasteiger partial charge in [0.2, 0.25) is 0 Å². The standard InChI is InChI=1S/C16H23N2OP/c1-7-14(20(4,5)6)16(19)18-15-11(2)8-13(10-17)9-12(15)3/h8-9,14H,7H2,1-6H3/p+1. The van der Waals surface area contributed by atoms with Gasteiger partial charge in [0.05, 0.1) is 11.6 Å². The SMILES string of the molecule is CCC(C(=O)Nc1c(C)cc(C#N)cc1C)[P+](C)(C)C. The number of nitrogens with one attached hydrogen (secondary N) is 1. The Morgan fingerprint density at radius 2 is 1.80 bits per heavy atom. The van der Waals surface area contributed by atoms with Crippen LogP contribution in [0.15, 0.2) is 12.1 Å². The van der Waals surface area contributed by atoms with Crippen LogP contribution in [0.2, 0.25) is 0 Å². The molecule has 0 heterocycles. The number of carbonyl (C=O) groups is 1. The van der Waals surface area contributed by atoms with E-state index in [9.17, 15) is 4.79 Å². The zero-order chi connectivity index (χ0) is 15.5. The number of carbonyl (C=O) groups excluding carboxylic acids is 1. The van der Waals surface area contributed by atoms with E-state index in [0.717, 1.165) is 23.2 Å². The third-order valence-electron chi connectivity index (χ3n) is 3.53. The monoisotopic (exact) mass is 291 g/mol. The molecule has 1 amide bonds. The predicted molar refractivity (Wildman–Crippen MR) is 88.0 cm³/mol. The number of benzene rings is 1. The maximum absolute atomic E-state index is 12.5. The van der Waals surface area contributed by atoms with E-state index >= 15 is 0 Å². The second kappa shape index (κ2) is 6.37. The summed E-state index contributed by atoms with van der Waals surface area (Å²) in [6.07, 6.45) is 0.859. The van der Waals surface area contributed by atoms with Gasteiger partial charge in [0.15, 0.2) is 0 Å². The van der Waals surface area contributed by atoms with Crippen molar-refractivity contribution < 1.29 is 4.79 Å². The molecule has 1 aromatic carbocycles. The molecule has 1 aromatic rings. The Bertz CT molecular complexity index is 530. The van der Waals surface area contributed by atoms with Crippen LogP contribution >= 0.6 is 7.26 Å². The van der Waals surface area contributed by atoms with Gasteiger partial charge in [0.1, 0.15) is 5.66 Å². The zero-order valence-corrected chi connectivity index (χ0v) is 14.1. The minimum Gasteiger partial charge on any atom is -0.322 e. The molecule has 4 heteroatoms. The quantitative estimate of drug-likeness (QED) is 0.858. The topological polar surface area (TPSA) is 52.9 Å². The molecule has 0 spiro atoms. The maximum atomic E-state index is 12.5. The zero-order valence-electron chi connectivity index (χ0n) is 13.2. The number of hydrogen-bond acceptors (Lipinski definition) is 2. The minimum atomic E-state index is -1.23. The van der Waals surface area contributed by atoms with Crippen LogP contribution in [0.5, 0.6) is 0 Å². The number of anilines is 1. The highest BCUT2D eigenvalue weighted by Crippen LogP contribution is 2.53. The van der Waals surface area contributed by atoms with Crippen molar-refractivity contribution in [2.45, 2.75) is 32.9 Å². The summed E-state index contributed by atoms with van der Waals surface area (Å²) in [5, 5.41) is 12.0. The average molecular weight is 291 g/mol. The van der Waals surface area contributed by atoms with Crippen molar-refractivity contribution in [2.75, 3.05) is 25.3 Å². The Kier molecular flexibility index (Phi) is 5.31. The maximum Gasteiger partial charge on any atom is 0.264 e. The molecule has 1 N–H and O–H groups in total. The van der Waals surface area contributed by atoms with E-state index in [1.54, 1.807) is 0 Å². The fraction of sp³-hybridized carbons (Fsp3) is 0.500. The van der Waals surface area contributed by atoms with E-state index in [2.05, 4.69) is 38.3 Å². The number of rotatable bonds is 4. The summed E-state index contributed by atoms with van der Waals surface area (Å²) in [5.74, 6) is 0.101. The molecule has 0 aliphatic rings. The lowest BCUT2D eigenvalue weighted by molar-refractivity contribution is -0.115. The predicted octanol–water partition coefficient (Wildman–Crippen LogP) is 3.80. The lowest BCUT2D eigenvalue weighted by atomic mass is 10.0. The second-order valence-electron chi connectivity index (χ2n) is 6.13. The Balaban J connectivity index is 3.06. The van der Waals surface area contributed by atoms with Gasteiger partial charge in [0.25, 0.3) is 5.91 Å². The molecule has 20 heavy (non-hydrogen) atoms. The highest BCUT2D eigenvalue weighted by molar-refractivity contribution is 7.75. The van der Waals surface area contributed by atoms with Crippen LogP contribution in [0, 0.1) is 25.2 Å². The molecular weight excluding hydrogens is 267 g/mol. The van der Waals surface area contributed by atoms with Gasteiger partial charge in [-0.15, -0.1) is 0 Å². The van der Waals surface area contributed by atoms with Crippen molar-refractivity contribution in [3.05, 3.63) is 28.8 Å². The van der Waals surface area contributed by atoms with Crippen molar-refractivity contribution in [3.8, 4) is 6.07 Å². The van der Waals surface area contributed by atoms with Crippen LogP contribution in [-0.2, 0) is 4.79 Å². The number of nitrogens with zero attached hydrogens (tertiary/aromatic N) is 1. The third kappa shape index (κ3) is 3.81. The number of aryl methyl sites for hydroxylation is 2. The van der Waals surface area contributed by atoms with Gasteiger partial charge in [-0.3, -0.25) is 4.79 Å². The summed E-state index contributed by atoms with van der Waals surface area (Å²) in [5.41, 5.74) is 3.44. The number of hydrogen-bond donors (Lipinski definition) is 1. The van der Waals surface area contributed by atoms with E-state index in [0.29, 0.717) is 5.56 Å². The lowest BCUT2D eigenvalue weighted by Gasteiger charge is -2.23. The first-order valence-corrected chi connectivity index (χ1v) is 10.0. The highest BCUT2D eigenvalue weighted by Gasteiger charge is 2.36. The summed E-state index contributed by atoms with van der Waals surface area (Å²) in [7, 11) is -1.23. The van der Waals surface area contributed by atoms with Gasteiger partial charge >= 0.3 is 0 Å². The first-order valence-electron chi connectivity index (χ1n) is 6.84. The van der Waals surface area contributed by atoms with E-state index in [1.165, 1.54) is 0 Å². The van der Waals surface area contributed by atoms with Crippen LogP contribution in [0.25, 0.3) is 0 Å². The first-order chi connectivity index (χ1) is 9.20. The Hall–Kier alpha value is -1.39. The summed E-state index contributed by atoms with van der Waals surface area (Å²) < 4.78 is 0. The van der Waals surface area contributed by atoms with Crippen molar-refractivity contribution >= 4 is 18.9 Å². The molecule has 1 rings (SSSR count). The van der Waals surface area contributed by atoms with Crippen molar-refractivity contribution in [2.24, 2.45) is 0 Å². The molecule has 0 saturated carbocycles.